The zero-order chi connectivity index (χ0) is 12.8. The number of aryl methyl sites for hydroxylation is 1. The van der Waals surface area contributed by atoms with Gasteiger partial charge in [0.15, 0.2) is 0 Å². The van der Waals surface area contributed by atoms with Crippen molar-refractivity contribution in [3.8, 4) is 0 Å². The highest BCUT2D eigenvalue weighted by molar-refractivity contribution is 5.58. The molecule has 0 aliphatic rings. The molecule has 0 saturated heterocycles. The Morgan fingerprint density at radius 2 is 2.06 bits per heavy atom. The second-order valence-electron chi connectivity index (χ2n) is 4.35. The third-order valence-electron chi connectivity index (χ3n) is 3.21. The van der Waals surface area contributed by atoms with E-state index >= 15 is 0 Å². The van der Waals surface area contributed by atoms with Crippen molar-refractivity contribution < 1.29 is 4.74 Å². The average Bonchev–Trinajstić information content (AvgIpc) is 2.35. The first-order chi connectivity index (χ1) is 8.12. The zero-order valence-corrected chi connectivity index (χ0v) is 11.4. The number of benzene rings is 1. The van der Waals surface area contributed by atoms with Crippen LogP contribution in [0.25, 0.3) is 0 Å². The average molecular weight is 236 g/mol. The SMILES string of the molecule is CCC(CN(CC)c1ccc(N)c(C)c1)OC. The van der Waals surface area contributed by atoms with Crippen LogP contribution < -0.4 is 10.6 Å². The smallest absolute Gasteiger partial charge is 0.0743 e. The van der Waals surface area contributed by atoms with Crippen molar-refractivity contribution in [3.05, 3.63) is 23.8 Å². The van der Waals surface area contributed by atoms with E-state index in [1.54, 1.807) is 7.11 Å². The largest absolute Gasteiger partial charge is 0.399 e. The van der Waals surface area contributed by atoms with Gasteiger partial charge in [-0.05, 0) is 44.0 Å². The summed E-state index contributed by atoms with van der Waals surface area (Å²) in [5, 5.41) is 0. The zero-order valence-electron chi connectivity index (χ0n) is 11.4. The van der Waals surface area contributed by atoms with Crippen molar-refractivity contribution in [2.24, 2.45) is 0 Å². The highest BCUT2D eigenvalue weighted by Gasteiger charge is 2.11. The third kappa shape index (κ3) is 3.63. The Morgan fingerprint density at radius 3 is 2.53 bits per heavy atom. The number of hydrogen-bond donors (Lipinski definition) is 1. The molecule has 0 aromatic heterocycles. The number of methoxy groups -OCH3 is 1. The second-order valence-corrected chi connectivity index (χ2v) is 4.35. The van der Waals surface area contributed by atoms with Gasteiger partial charge in [-0.1, -0.05) is 6.92 Å². The standard InChI is InChI=1S/C14H24N2O/c1-5-13(17-4)10-16(6-2)12-7-8-14(15)11(3)9-12/h7-9,13H,5-6,10,15H2,1-4H3. The summed E-state index contributed by atoms with van der Waals surface area (Å²) in [6, 6.07) is 6.19. The van der Waals surface area contributed by atoms with Gasteiger partial charge in [0.25, 0.3) is 0 Å². The molecule has 0 saturated carbocycles. The van der Waals surface area contributed by atoms with E-state index in [1.807, 2.05) is 13.0 Å². The third-order valence-corrected chi connectivity index (χ3v) is 3.21. The van der Waals surface area contributed by atoms with Crippen molar-refractivity contribution in [2.75, 3.05) is 30.8 Å². The molecule has 0 heterocycles. The van der Waals surface area contributed by atoms with Gasteiger partial charge >= 0.3 is 0 Å². The maximum absolute atomic E-state index is 5.84. The summed E-state index contributed by atoms with van der Waals surface area (Å²) in [5.41, 5.74) is 9.04. The molecular formula is C14H24N2O. The molecule has 0 bridgehead atoms. The van der Waals surface area contributed by atoms with Gasteiger partial charge in [-0.3, -0.25) is 0 Å². The first-order valence-corrected chi connectivity index (χ1v) is 6.26. The van der Waals surface area contributed by atoms with Gasteiger partial charge in [-0.25, -0.2) is 0 Å². The normalized spacial score (nSPS) is 12.5. The van der Waals surface area contributed by atoms with Gasteiger partial charge in [0.1, 0.15) is 0 Å². The molecule has 17 heavy (non-hydrogen) atoms. The molecule has 96 valence electrons. The van der Waals surface area contributed by atoms with Crippen molar-refractivity contribution in [1.29, 1.82) is 0 Å². The highest BCUT2D eigenvalue weighted by Crippen LogP contribution is 2.21. The van der Waals surface area contributed by atoms with Crippen LogP contribution in [0, 0.1) is 6.92 Å². The lowest BCUT2D eigenvalue weighted by Gasteiger charge is -2.27. The summed E-state index contributed by atoms with van der Waals surface area (Å²) in [7, 11) is 1.77. The van der Waals surface area contributed by atoms with E-state index in [0.29, 0.717) is 0 Å². The number of likely N-dealkylation sites (N-methyl/N-ethyl adjacent to an activating group) is 1. The molecular weight excluding hydrogens is 212 g/mol. The Balaban J connectivity index is 2.82. The van der Waals surface area contributed by atoms with E-state index in [0.717, 1.165) is 30.8 Å². The minimum absolute atomic E-state index is 0.285. The van der Waals surface area contributed by atoms with Gasteiger partial charge < -0.3 is 15.4 Å². The predicted molar refractivity (Wildman–Crippen MR) is 74.6 cm³/mol. The Bertz CT molecular complexity index is 348. The minimum atomic E-state index is 0.285. The summed E-state index contributed by atoms with van der Waals surface area (Å²) < 4.78 is 5.44. The molecule has 1 aromatic rings. The summed E-state index contributed by atoms with van der Waals surface area (Å²) >= 11 is 0. The first-order valence-electron chi connectivity index (χ1n) is 6.26. The van der Waals surface area contributed by atoms with Crippen molar-refractivity contribution in [2.45, 2.75) is 33.3 Å². The molecule has 0 aliphatic heterocycles. The molecule has 1 rings (SSSR count). The molecule has 0 amide bonds. The quantitative estimate of drug-likeness (QED) is 0.772. The highest BCUT2D eigenvalue weighted by atomic mass is 16.5. The van der Waals surface area contributed by atoms with Gasteiger partial charge in [-0.15, -0.1) is 0 Å². The maximum Gasteiger partial charge on any atom is 0.0743 e. The van der Waals surface area contributed by atoms with Crippen LogP contribution in [-0.2, 0) is 4.74 Å². The van der Waals surface area contributed by atoms with Gasteiger partial charge in [0.05, 0.1) is 6.10 Å². The van der Waals surface area contributed by atoms with E-state index in [1.165, 1.54) is 5.69 Å². The van der Waals surface area contributed by atoms with Crippen molar-refractivity contribution in [3.63, 3.8) is 0 Å². The molecule has 1 aromatic carbocycles. The van der Waals surface area contributed by atoms with Gasteiger partial charge in [0.2, 0.25) is 0 Å². The predicted octanol–water partition coefficient (Wildman–Crippen LogP) is 2.83. The molecule has 1 unspecified atom stereocenters. The van der Waals surface area contributed by atoms with Crippen LogP contribution in [0.5, 0.6) is 0 Å². The Labute approximate surface area is 105 Å². The Morgan fingerprint density at radius 1 is 1.35 bits per heavy atom. The van der Waals surface area contributed by atoms with Crippen LogP contribution in [0.1, 0.15) is 25.8 Å². The number of rotatable bonds is 6. The topological polar surface area (TPSA) is 38.5 Å². The molecule has 3 heteroatoms. The first kappa shape index (κ1) is 13.8. The lowest BCUT2D eigenvalue weighted by molar-refractivity contribution is 0.105. The summed E-state index contributed by atoms with van der Waals surface area (Å²) in [6.45, 7) is 8.25. The van der Waals surface area contributed by atoms with Gasteiger partial charge in [0, 0.05) is 31.6 Å². The molecule has 0 fully saturated rings. The van der Waals surface area contributed by atoms with Crippen LogP contribution in [0.2, 0.25) is 0 Å². The van der Waals surface area contributed by atoms with Crippen molar-refractivity contribution >= 4 is 11.4 Å². The number of nitrogens with zero attached hydrogens (tertiary/aromatic N) is 1. The second kappa shape index (κ2) is 6.50. The van der Waals surface area contributed by atoms with Crippen molar-refractivity contribution in [1.82, 2.24) is 0 Å². The molecule has 3 nitrogen and oxygen atoms in total. The molecule has 1 atom stereocenters. The lowest BCUT2D eigenvalue weighted by Crippen LogP contribution is -2.33. The maximum atomic E-state index is 5.84. The summed E-state index contributed by atoms with van der Waals surface area (Å²) in [4.78, 5) is 2.32. The minimum Gasteiger partial charge on any atom is -0.399 e. The van der Waals surface area contributed by atoms with E-state index < -0.39 is 0 Å². The Kier molecular flexibility index (Phi) is 5.29. The van der Waals surface area contributed by atoms with Crippen LogP contribution in [0.3, 0.4) is 0 Å². The monoisotopic (exact) mass is 236 g/mol. The fourth-order valence-corrected chi connectivity index (χ4v) is 1.89. The summed E-state index contributed by atoms with van der Waals surface area (Å²) in [5.74, 6) is 0. The van der Waals surface area contributed by atoms with E-state index in [4.69, 9.17) is 10.5 Å². The molecule has 2 N–H and O–H groups in total. The molecule has 0 aliphatic carbocycles. The summed E-state index contributed by atoms with van der Waals surface area (Å²) in [6.07, 6.45) is 1.31. The van der Waals surface area contributed by atoms with E-state index in [9.17, 15) is 0 Å². The number of anilines is 2. The van der Waals surface area contributed by atoms with E-state index in [-0.39, 0.29) is 6.10 Å². The lowest BCUT2D eigenvalue weighted by atomic mass is 10.1. The fourth-order valence-electron chi connectivity index (χ4n) is 1.89. The van der Waals surface area contributed by atoms with E-state index in [2.05, 4.69) is 30.9 Å². The van der Waals surface area contributed by atoms with Crippen LogP contribution >= 0.6 is 0 Å². The molecule has 0 radical (unpaired) electrons. The number of nitrogens with two attached hydrogens (primary N) is 1. The van der Waals surface area contributed by atoms with Crippen LogP contribution in [0.15, 0.2) is 18.2 Å². The number of nitrogen functional groups attached to an aromatic ring is 1. The number of ether oxygens (including phenoxy) is 1. The van der Waals surface area contributed by atoms with Crippen LogP contribution in [0.4, 0.5) is 11.4 Å². The Hall–Kier alpha value is -1.22. The van der Waals surface area contributed by atoms with Gasteiger partial charge in [-0.2, -0.15) is 0 Å². The fraction of sp³-hybridized carbons (Fsp3) is 0.571. The number of hydrogen-bond acceptors (Lipinski definition) is 3. The molecule has 0 spiro atoms. The van der Waals surface area contributed by atoms with Crippen LogP contribution in [-0.4, -0.2) is 26.3 Å².